The standard InChI is InChI=1S/C12H16N4/c13-6-9-2-1-3-11(9)16-12-8-15-5-4-10(12)7-14/h4-5,8-9,11,16H,1-3,6,13H2. The van der Waals surface area contributed by atoms with Crippen molar-refractivity contribution in [2.24, 2.45) is 11.7 Å². The Labute approximate surface area is 95.5 Å². The normalized spacial score (nSPS) is 24.0. The number of nitrogens with one attached hydrogen (secondary N) is 1. The summed E-state index contributed by atoms with van der Waals surface area (Å²) in [6.45, 7) is 0.708. The van der Waals surface area contributed by atoms with Crippen LogP contribution in [0.5, 0.6) is 0 Å². The van der Waals surface area contributed by atoms with Gasteiger partial charge in [-0.05, 0) is 31.4 Å². The molecule has 0 spiro atoms. The molecule has 0 aliphatic heterocycles. The number of anilines is 1. The summed E-state index contributed by atoms with van der Waals surface area (Å²) in [5.74, 6) is 0.520. The fourth-order valence-electron chi connectivity index (χ4n) is 2.32. The average Bonchev–Trinajstić information content (AvgIpc) is 2.77. The molecular weight excluding hydrogens is 200 g/mol. The second-order valence-corrected chi connectivity index (χ2v) is 4.21. The molecule has 0 radical (unpaired) electrons. The van der Waals surface area contributed by atoms with Gasteiger partial charge in [-0.1, -0.05) is 6.42 Å². The van der Waals surface area contributed by atoms with Crippen LogP contribution in [0, 0.1) is 17.2 Å². The van der Waals surface area contributed by atoms with E-state index >= 15 is 0 Å². The summed E-state index contributed by atoms with van der Waals surface area (Å²) in [5, 5.41) is 12.4. The minimum atomic E-state index is 0.390. The summed E-state index contributed by atoms with van der Waals surface area (Å²) in [4.78, 5) is 4.04. The molecule has 1 heterocycles. The van der Waals surface area contributed by atoms with Crippen LogP contribution in [0.2, 0.25) is 0 Å². The van der Waals surface area contributed by atoms with Crippen molar-refractivity contribution in [1.29, 1.82) is 5.26 Å². The third kappa shape index (κ3) is 2.15. The van der Waals surface area contributed by atoms with Gasteiger partial charge in [0.25, 0.3) is 0 Å². The Morgan fingerprint density at radius 1 is 1.56 bits per heavy atom. The molecule has 1 fully saturated rings. The highest BCUT2D eigenvalue weighted by molar-refractivity contribution is 5.56. The van der Waals surface area contributed by atoms with Crippen LogP contribution in [0.1, 0.15) is 24.8 Å². The highest BCUT2D eigenvalue weighted by Crippen LogP contribution is 2.28. The van der Waals surface area contributed by atoms with Gasteiger partial charge in [0.15, 0.2) is 0 Å². The molecule has 0 aromatic carbocycles. The van der Waals surface area contributed by atoms with E-state index in [1.807, 2.05) is 0 Å². The lowest BCUT2D eigenvalue weighted by Gasteiger charge is -2.20. The molecule has 2 unspecified atom stereocenters. The fourth-order valence-corrected chi connectivity index (χ4v) is 2.32. The summed E-state index contributed by atoms with van der Waals surface area (Å²) in [5.41, 5.74) is 7.21. The third-order valence-corrected chi connectivity index (χ3v) is 3.24. The van der Waals surface area contributed by atoms with Gasteiger partial charge in [0.05, 0.1) is 17.4 Å². The van der Waals surface area contributed by atoms with E-state index in [2.05, 4.69) is 16.4 Å². The van der Waals surface area contributed by atoms with Crippen molar-refractivity contribution in [3.8, 4) is 6.07 Å². The molecule has 1 aliphatic carbocycles. The average molecular weight is 216 g/mol. The van der Waals surface area contributed by atoms with Crippen molar-refractivity contribution in [3.63, 3.8) is 0 Å². The van der Waals surface area contributed by atoms with Crippen molar-refractivity contribution in [2.75, 3.05) is 11.9 Å². The first-order valence-electron chi connectivity index (χ1n) is 5.66. The van der Waals surface area contributed by atoms with E-state index in [0.29, 0.717) is 24.1 Å². The molecule has 0 amide bonds. The summed E-state index contributed by atoms with van der Waals surface area (Å²) < 4.78 is 0. The molecule has 3 N–H and O–H groups in total. The second kappa shape index (κ2) is 4.95. The maximum absolute atomic E-state index is 8.97. The molecule has 1 aliphatic rings. The van der Waals surface area contributed by atoms with Crippen LogP contribution in [-0.2, 0) is 0 Å². The topological polar surface area (TPSA) is 74.7 Å². The Morgan fingerprint density at radius 3 is 3.19 bits per heavy atom. The van der Waals surface area contributed by atoms with E-state index in [0.717, 1.165) is 12.1 Å². The number of aromatic nitrogens is 1. The maximum Gasteiger partial charge on any atom is 0.101 e. The molecule has 4 nitrogen and oxygen atoms in total. The Balaban J connectivity index is 2.12. The van der Waals surface area contributed by atoms with Gasteiger partial charge in [0.1, 0.15) is 6.07 Å². The number of rotatable bonds is 3. The largest absolute Gasteiger partial charge is 0.380 e. The van der Waals surface area contributed by atoms with E-state index in [4.69, 9.17) is 11.0 Å². The van der Waals surface area contributed by atoms with Crippen LogP contribution in [0.15, 0.2) is 18.5 Å². The Kier molecular flexibility index (Phi) is 3.37. The highest BCUT2D eigenvalue weighted by Gasteiger charge is 2.26. The van der Waals surface area contributed by atoms with Crippen LogP contribution in [-0.4, -0.2) is 17.6 Å². The Bertz CT molecular complexity index is 396. The quantitative estimate of drug-likeness (QED) is 0.802. The fraction of sp³-hybridized carbons (Fsp3) is 0.500. The predicted molar refractivity (Wildman–Crippen MR) is 62.8 cm³/mol. The number of nitriles is 1. The van der Waals surface area contributed by atoms with Crippen LogP contribution >= 0.6 is 0 Å². The first-order valence-corrected chi connectivity index (χ1v) is 5.66. The zero-order chi connectivity index (χ0) is 11.4. The first kappa shape index (κ1) is 10.9. The van der Waals surface area contributed by atoms with Crippen LogP contribution in [0.3, 0.4) is 0 Å². The molecule has 16 heavy (non-hydrogen) atoms. The summed E-state index contributed by atoms with van der Waals surface area (Å²) in [6.07, 6.45) is 6.86. The molecule has 1 saturated carbocycles. The van der Waals surface area contributed by atoms with Gasteiger partial charge in [-0.15, -0.1) is 0 Å². The van der Waals surface area contributed by atoms with E-state index < -0.39 is 0 Å². The van der Waals surface area contributed by atoms with Crippen LogP contribution in [0.25, 0.3) is 0 Å². The van der Waals surface area contributed by atoms with Crippen molar-refractivity contribution < 1.29 is 0 Å². The number of hydrogen-bond donors (Lipinski definition) is 2. The van der Waals surface area contributed by atoms with Crippen molar-refractivity contribution in [3.05, 3.63) is 24.0 Å². The molecule has 1 aromatic heterocycles. The number of nitrogens with zero attached hydrogens (tertiary/aromatic N) is 2. The van der Waals surface area contributed by atoms with Gasteiger partial charge < -0.3 is 11.1 Å². The highest BCUT2D eigenvalue weighted by atomic mass is 15.0. The van der Waals surface area contributed by atoms with E-state index in [1.54, 1.807) is 18.5 Å². The summed E-state index contributed by atoms with van der Waals surface area (Å²) in [6, 6.07) is 4.29. The lowest BCUT2D eigenvalue weighted by atomic mass is 10.0. The SMILES string of the molecule is N#Cc1ccncc1NC1CCCC1CN. The lowest BCUT2D eigenvalue weighted by Crippen LogP contribution is -2.29. The number of nitrogens with two attached hydrogens (primary N) is 1. The third-order valence-electron chi connectivity index (χ3n) is 3.24. The molecule has 0 bridgehead atoms. The molecular formula is C12H16N4. The van der Waals surface area contributed by atoms with Crippen molar-refractivity contribution >= 4 is 5.69 Å². The van der Waals surface area contributed by atoms with Crippen molar-refractivity contribution in [2.45, 2.75) is 25.3 Å². The lowest BCUT2D eigenvalue weighted by molar-refractivity contribution is 0.516. The van der Waals surface area contributed by atoms with Crippen LogP contribution < -0.4 is 11.1 Å². The minimum Gasteiger partial charge on any atom is -0.380 e. The Hall–Kier alpha value is -1.60. The zero-order valence-corrected chi connectivity index (χ0v) is 9.19. The van der Waals surface area contributed by atoms with Gasteiger partial charge in [0.2, 0.25) is 0 Å². The summed E-state index contributed by atoms with van der Waals surface area (Å²) in [7, 11) is 0. The number of pyridine rings is 1. The molecule has 2 atom stereocenters. The predicted octanol–water partition coefficient (Wildman–Crippen LogP) is 1.49. The second-order valence-electron chi connectivity index (χ2n) is 4.21. The smallest absolute Gasteiger partial charge is 0.101 e. The molecule has 84 valence electrons. The van der Waals surface area contributed by atoms with Gasteiger partial charge in [-0.25, -0.2) is 0 Å². The first-order chi connectivity index (χ1) is 7.85. The summed E-state index contributed by atoms with van der Waals surface area (Å²) >= 11 is 0. The van der Waals surface area contributed by atoms with Gasteiger partial charge >= 0.3 is 0 Å². The van der Waals surface area contributed by atoms with E-state index in [-0.39, 0.29) is 0 Å². The van der Waals surface area contributed by atoms with Gasteiger partial charge in [-0.3, -0.25) is 4.98 Å². The van der Waals surface area contributed by atoms with Crippen molar-refractivity contribution in [1.82, 2.24) is 4.98 Å². The number of hydrogen-bond acceptors (Lipinski definition) is 4. The van der Waals surface area contributed by atoms with Gasteiger partial charge in [-0.2, -0.15) is 5.26 Å². The van der Waals surface area contributed by atoms with E-state index in [1.165, 1.54) is 12.8 Å². The Morgan fingerprint density at radius 2 is 2.44 bits per heavy atom. The molecule has 0 saturated heterocycles. The van der Waals surface area contributed by atoms with Gasteiger partial charge in [0, 0.05) is 12.2 Å². The molecule has 2 rings (SSSR count). The maximum atomic E-state index is 8.97. The molecule has 1 aromatic rings. The monoisotopic (exact) mass is 216 g/mol. The minimum absolute atomic E-state index is 0.390. The zero-order valence-electron chi connectivity index (χ0n) is 9.19. The molecule has 4 heteroatoms. The van der Waals surface area contributed by atoms with Crippen LogP contribution in [0.4, 0.5) is 5.69 Å². The van der Waals surface area contributed by atoms with E-state index in [9.17, 15) is 0 Å².